The molecular formula is C73H94N14O7. The number of nitrogens with zero attached hydrogens (tertiary/aromatic N) is 14. The maximum Gasteiger partial charge on any atom is 0.257 e. The number of aliphatic hydroxyl groups is 1. The Labute approximate surface area is 549 Å². The molecule has 6 aliphatic heterocycles. The normalized spacial score (nSPS) is 18.0. The van der Waals surface area contributed by atoms with Crippen molar-refractivity contribution in [3.63, 3.8) is 0 Å². The summed E-state index contributed by atoms with van der Waals surface area (Å²) in [6.07, 6.45) is 16.1. The Morgan fingerprint density at radius 2 is 0.830 bits per heavy atom. The third kappa shape index (κ3) is 14.2. The van der Waals surface area contributed by atoms with Crippen molar-refractivity contribution in [2.45, 2.75) is 176 Å². The Hall–Kier alpha value is -8.01. The van der Waals surface area contributed by atoms with Crippen LogP contribution in [0.25, 0.3) is 32.9 Å². The largest absolute Gasteiger partial charge is 0.385 e. The van der Waals surface area contributed by atoms with Crippen LogP contribution in [0.1, 0.15) is 151 Å². The predicted octanol–water partition coefficient (Wildman–Crippen LogP) is 10.3. The van der Waals surface area contributed by atoms with Crippen LogP contribution in [0, 0.1) is 47.5 Å². The lowest BCUT2D eigenvalue weighted by atomic mass is 9.90. The van der Waals surface area contributed by atoms with E-state index < -0.39 is 6.10 Å². The van der Waals surface area contributed by atoms with Crippen LogP contribution in [0.4, 0.5) is 17.5 Å². The van der Waals surface area contributed by atoms with Crippen LogP contribution >= 0.6 is 0 Å². The molecule has 12 heterocycles. The molecule has 15 rings (SSSR count). The molecule has 3 aromatic carbocycles. The SMILES string of the molecule is Cc1ccc2c(N3CCC(CCCc4c(C)nc5n(c4=O)CCCC5)CC3)noc2c1.Cc1ccc2c(N3CCN(CCCc4c(C)nc5n(c4=O)CCCC5)CC3)noc2c1.Cc1ccc2c(N3CCN(CCCc4c(C)nc5n(c4=O)CCCC5O)CC3)noc2c1. The van der Waals surface area contributed by atoms with E-state index in [1.165, 1.54) is 36.0 Å². The Bertz CT molecular complexity index is 4140. The number of hydrogen-bond donors (Lipinski definition) is 1. The molecule has 0 amide bonds. The average molecular weight is 1280 g/mol. The fourth-order valence-corrected chi connectivity index (χ4v) is 15.2. The highest BCUT2D eigenvalue weighted by Gasteiger charge is 2.28. The lowest BCUT2D eigenvalue weighted by molar-refractivity contribution is 0.129. The van der Waals surface area contributed by atoms with E-state index in [4.69, 9.17) is 23.5 Å². The Morgan fingerprint density at radius 3 is 1.28 bits per heavy atom. The van der Waals surface area contributed by atoms with E-state index in [1.54, 1.807) is 4.57 Å². The number of rotatable bonds is 15. The first kappa shape index (κ1) is 64.7. The van der Waals surface area contributed by atoms with Crippen LogP contribution in [0.2, 0.25) is 0 Å². The van der Waals surface area contributed by atoms with E-state index in [0.29, 0.717) is 24.7 Å². The van der Waals surface area contributed by atoms with Gasteiger partial charge in [0.1, 0.15) is 23.6 Å². The van der Waals surface area contributed by atoms with E-state index in [0.717, 1.165) is 271 Å². The zero-order valence-corrected chi connectivity index (χ0v) is 56.1. The quantitative estimate of drug-likeness (QED) is 0.101. The van der Waals surface area contributed by atoms with Crippen LogP contribution < -0.4 is 31.4 Å². The summed E-state index contributed by atoms with van der Waals surface area (Å²) < 4.78 is 22.1. The van der Waals surface area contributed by atoms with Gasteiger partial charge in [0.25, 0.3) is 16.7 Å². The lowest BCUT2D eigenvalue weighted by Gasteiger charge is -2.34. The summed E-state index contributed by atoms with van der Waals surface area (Å²) in [6, 6.07) is 18.8. The predicted molar refractivity (Wildman–Crippen MR) is 368 cm³/mol. The average Bonchev–Trinajstić information content (AvgIpc) is 1.33. The smallest absolute Gasteiger partial charge is 0.257 e. The summed E-state index contributed by atoms with van der Waals surface area (Å²) in [5.41, 5.74) is 11.8. The third-order valence-electron chi connectivity index (χ3n) is 20.7. The van der Waals surface area contributed by atoms with Crippen molar-refractivity contribution < 1.29 is 18.7 Å². The fraction of sp³-hybridized carbons (Fsp3) is 0.548. The number of benzene rings is 3. The Kier molecular flexibility index (Phi) is 19.9. The zero-order chi connectivity index (χ0) is 65.0. The number of aliphatic hydroxyl groups excluding tert-OH is 1. The van der Waals surface area contributed by atoms with Crippen molar-refractivity contribution >= 4 is 50.4 Å². The molecule has 21 nitrogen and oxygen atoms in total. The summed E-state index contributed by atoms with van der Waals surface area (Å²) in [5.74, 6) is 6.09. The van der Waals surface area contributed by atoms with Gasteiger partial charge < -0.3 is 33.4 Å². The first-order valence-corrected chi connectivity index (χ1v) is 35.0. The van der Waals surface area contributed by atoms with Crippen molar-refractivity contribution in [3.05, 3.63) is 154 Å². The standard InChI is InChI=1S/C25H32N4O2.C24H31N5O3.C24H31N5O2/c1-17-9-10-21-22(16-17)31-27-24(21)28-14-11-19(12-15-28)6-5-7-20-18(2)26-23-8-3-4-13-29(23)25(20)30;1-16-7-8-19-21(15-16)32-26-22(19)28-13-11-27(12-14-28)9-3-5-18-17(2)25-23-20(30)6-4-10-29(23)24(18)31;1-17-8-9-20-21(16-17)31-26-23(20)28-14-12-27(13-15-28)10-5-6-19-18(2)25-22-7-3-4-11-29(22)24(19)30/h9-10,16,19H,3-8,11-15H2,1-2H3;7-8,15,20,30H,3-6,9-14H2,1-2H3;8-9,16H,3-7,10-15H2,1-2H3. The number of fused-ring (bicyclic) bond motifs is 6. The van der Waals surface area contributed by atoms with Gasteiger partial charge in [0.2, 0.25) is 0 Å². The van der Waals surface area contributed by atoms with Crippen LogP contribution in [-0.2, 0) is 51.7 Å². The van der Waals surface area contributed by atoms with Crippen molar-refractivity contribution in [2.75, 3.05) is 93.2 Å². The third-order valence-corrected chi connectivity index (χ3v) is 20.7. The van der Waals surface area contributed by atoms with Gasteiger partial charge in [-0.25, -0.2) is 15.0 Å². The highest BCUT2D eigenvalue weighted by molar-refractivity contribution is 5.90. The molecule has 0 radical (unpaired) electrons. The summed E-state index contributed by atoms with van der Waals surface area (Å²) in [4.78, 5) is 64.7. The maximum absolute atomic E-state index is 12.9. The molecule has 9 aromatic rings. The highest BCUT2D eigenvalue weighted by Crippen LogP contribution is 2.33. The van der Waals surface area contributed by atoms with Gasteiger partial charge >= 0.3 is 0 Å². The zero-order valence-electron chi connectivity index (χ0n) is 56.1. The van der Waals surface area contributed by atoms with E-state index in [-0.39, 0.29) is 16.7 Å². The van der Waals surface area contributed by atoms with Crippen LogP contribution in [0.3, 0.4) is 0 Å². The van der Waals surface area contributed by atoms with Gasteiger partial charge in [-0.3, -0.25) is 37.9 Å². The van der Waals surface area contributed by atoms with E-state index in [1.807, 2.05) is 42.0 Å². The first-order chi connectivity index (χ1) is 45.7. The number of hydrogen-bond acceptors (Lipinski definition) is 18. The topological polar surface area (TPSA) is 219 Å². The van der Waals surface area contributed by atoms with Gasteiger partial charge in [-0.2, -0.15) is 0 Å². The molecule has 3 saturated heterocycles. The van der Waals surface area contributed by atoms with Gasteiger partial charge in [-0.05, 0) is 210 Å². The first-order valence-electron chi connectivity index (χ1n) is 35.0. The molecule has 0 bridgehead atoms. The van der Waals surface area contributed by atoms with E-state index in [9.17, 15) is 19.5 Å². The monoisotopic (exact) mass is 1280 g/mol. The summed E-state index contributed by atoms with van der Waals surface area (Å²) in [6.45, 7) is 26.0. The van der Waals surface area contributed by atoms with Gasteiger partial charge in [0, 0.05) is 132 Å². The molecular weight excluding hydrogens is 1180 g/mol. The van der Waals surface area contributed by atoms with E-state index >= 15 is 0 Å². The second-order valence-corrected chi connectivity index (χ2v) is 27.4. The van der Waals surface area contributed by atoms with Crippen molar-refractivity contribution in [1.82, 2.24) is 53.9 Å². The molecule has 6 aliphatic rings. The molecule has 6 aromatic heterocycles. The second kappa shape index (κ2) is 28.9. The minimum absolute atomic E-state index is 0.0317. The van der Waals surface area contributed by atoms with Gasteiger partial charge in [0.05, 0.1) is 16.2 Å². The molecule has 0 saturated carbocycles. The molecule has 1 unspecified atom stereocenters. The molecule has 1 N–H and O–H groups in total. The molecule has 0 spiro atoms. The fourth-order valence-electron chi connectivity index (χ4n) is 15.2. The number of piperazine rings is 2. The van der Waals surface area contributed by atoms with Crippen LogP contribution in [0.5, 0.6) is 0 Å². The number of anilines is 3. The summed E-state index contributed by atoms with van der Waals surface area (Å²) in [7, 11) is 0. The minimum Gasteiger partial charge on any atom is -0.385 e. The maximum atomic E-state index is 12.9. The van der Waals surface area contributed by atoms with Gasteiger partial charge in [-0.15, -0.1) is 0 Å². The van der Waals surface area contributed by atoms with Gasteiger partial charge in [-0.1, -0.05) is 33.7 Å². The number of aryl methyl sites for hydroxylation is 8. The van der Waals surface area contributed by atoms with Crippen molar-refractivity contribution in [2.24, 2.45) is 5.92 Å². The van der Waals surface area contributed by atoms with Gasteiger partial charge in [0.15, 0.2) is 34.2 Å². The Balaban J connectivity index is 0.000000128. The summed E-state index contributed by atoms with van der Waals surface area (Å²) in [5, 5.41) is 26.4. The molecule has 498 valence electrons. The lowest BCUT2D eigenvalue weighted by Crippen LogP contribution is -2.47. The second-order valence-electron chi connectivity index (χ2n) is 27.4. The molecule has 3 fully saturated rings. The molecule has 94 heavy (non-hydrogen) atoms. The summed E-state index contributed by atoms with van der Waals surface area (Å²) >= 11 is 0. The van der Waals surface area contributed by atoms with Crippen molar-refractivity contribution in [1.29, 1.82) is 0 Å². The van der Waals surface area contributed by atoms with E-state index in [2.05, 4.69) is 108 Å². The Morgan fingerprint density at radius 1 is 0.436 bits per heavy atom. The van der Waals surface area contributed by atoms with Crippen LogP contribution in [-0.4, -0.2) is 138 Å². The minimum atomic E-state index is -0.619. The molecule has 0 aliphatic carbocycles. The van der Waals surface area contributed by atoms with Crippen molar-refractivity contribution in [3.8, 4) is 0 Å². The molecule has 1 atom stereocenters. The highest BCUT2D eigenvalue weighted by atomic mass is 16.5. The number of piperidine rings is 1. The van der Waals surface area contributed by atoms with Crippen LogP contribution in [0.15, 0.2) is 82.6 Å². The molecule has 21 heteroatoms. The number of aromatic nitrogens is 9.